The zero-order valence-electron chi connectivity index (χ0n) is 11.7. The molecular weight excluding hydrogens is 252 g/mol. The molecule has 2 nitrogen and oxygen atoms in total. The highest BCUT2D eigenvalue weighted by Gasteiger charge is 2.04. The summed E-state index contributed by atoms with van der Waals surface area (Å²) in [5.74, 6) is 0. The Labute approximate surface area is 120 Å². The molecule has 1 aromatic heterocycles. The quantitative estimate of drug-likeness (QED) is 0.821. The third-order valence-electron chi connectivity index (χ3n) is 3.30. The molecule has 2 aromatic rings. The lowest BCUT2D eigenvalue weighted by Gasteiger charge is -2.20. The van der Waals surface area contributed by atoms with Crippen LogP contribution in [0.15, 0.2) is 41.8 Å². The molecule has 0 atom stereocenters. The van der Waals surface area contributed by atoms with Crippen LogP contribution in [0, 0.1) is 6.92 Å². The van der Waals surface area contributed by atoms with Crippen LogP contribution < -0.4 is 5.32 Å². The van der Waals surface area contributed by atoms with Crippen molar-refractivity contribution in [3.63, 3.8) is 0 Å². The van der Waals surface area contributed by atoms with E-state index in [-0.39, 0.29) is 0 Å². The number of nitrogens with zero attached hydrogens (tertiary/aromatic N) is 1. The van der Waals surface area contributed by atoms with Crippen molar-refractivity contribution in [3.05, 3.63) is 52.2 Å². The summed E-state index contributed by atoms with van der Waals surface area (Å²) < 4.78 is 0. The zero-order chi connectivity index (χ0) is 13.5. The lowest BCUT2D eigenvalue weighted by molar-refractivity contribution is 0.294. The van der Waals surface area contributed by atoms with Crippen molar-refractivity contribution < 1.29 is 0 Å². The van der Waals surface area contributed by atoms with Crippen LogP contribution in [0.3, 0.4) is 0 Å². The van der Waals surface area contributed by atoms with Crippen molar-refractivity contribution in [1.29, 1.82) is 0 Å². The second-order valence-electron chi connectivity index (χ2n) is 4.69. The molecule has 1 N–H and O–H groups in total. The normalized spacial score (nSPS) is 10.9. The van der Waals surface area contributed by atoms with Gasteiger partial charge in [0, 0.05) is 30.2 Å². The summed E-state index contributed by atoms with van der Waals surface area (Å²) in [6.07, 6.45) is 0. The fraction of sp³-hybridized carbons (Fsp3) is 0.375. The Hall–Kier alpha value is -1.32. The largest absolute Gasteiger partial charge is 0.384 e. The van der Waals surface area contributed by atoms with Crippen LogP contribution in [0.5, 0.6) is 0 Å². The van der Waals surface area contributed by atoms with E-state index in [0.717, 1.165) is 26.2 Å². The summed E-state index contributed by atoms with van der Waals surface area (Å²) in [4.78, 5) is 3.91. The molecule has 0 bridgehead atoms. The van der Waals surface area contributed by atoms with Crippen molar-refractivity contribution >= 4 is 17.0 Å². The standard InChI is InChI=1S/C16H22N2S/c1-3-18(13-15-8-6-12-19-15)11-10-17-16-9-5-4-7-14(16)2/h4-9,12,17H,3,10-11,13H2,1-2H3. The van der Waals surface area contributed by atoms with E-state index < -0.39 is 0 Å². The molecule has 0 radical (unpaired) electrons. The molecule has 0 fully saturated rings. The van der Waals surface area contributed by atoms with Gasteiger partial charge in [-0.2, -0.15) is 0 Å². The molecule has 0 saturated heterocycles. The molecule has 0 unspecified atom stereocenters. The third kappa shape index (κ3) is 4.37. The van der Waals surface area contributed by atoms with Crippen LogP contribution in [-0.2, 0) is 6.54 Å². The summed E-state index contributed by atoms with van der Waals surface area (Å²) in [5.41, 5.74) is 2.55. The number of likely N-dealkylation sites (N-methyl/N-ethyl adjacent to an activating group) is 1. The van der Waals surface area contributed by atoms with E-state index in [2.05, 4.69) is 65.8 Å². The first-order valence-corrected chi connectivity index (χ1v) is 7.72. The minimum atomic E-state index is 0.990. The molecule has 1 aromatic carbocycles. The SMILES string of the molecule is CCN(CCNc1ccccc1C)Cc1cccs1. The van der Waals surface area contributed by atoms with Crippen molar-refractivity contribution in [2.75, 3.05) is 25.0 Å². The number of hydrogen-bond acceptors (Lipinski definition) is 3. The van der Waals surface area contributed by atoms with Gasteiger partial charge in [-0.1, -0.05) is 31.2 Å². The number of benzene rings is 1. The minimum Gasteiger partial charge on any atom is -0.384 e. The third-order valence-corrected chi connectivity index (χ3v) is 4.16. The monoisotopic (exact) mass is 274 g/mol. The molecular formula is C16H22N2S. The topological polar surface area (TPSA) is 15.3 Å². The highest BCUT2D eigenvalue weighted by Crippen LogP contribution is 2.14. The Kier molecular flexibility index (Phi) is 5.43. The number of rotatable bonds is 7. The number of anilines is 1. The summed E-state index contributed by atoms with van der Waals surface area (Å²) in [6, 6.07) is 12.8. The van der Waals surface area contributed by atoms with Gasteiger partial charge < -0.3 is 5.32 Å². The van der Waals surface area contributed by atoms with E-state index in [1.165, 1.54) is 16.1 Å². The fourth-order valence-corrected chi connectivity index (χ4v) is 2.84. The molecule has 0 spiro atoms. The Morgan fingerprint density at radius 1 is 1.16 bits per heavy atom. The molecule has 0 saturated carbocycles. The second-order valence-corrected chi connectivity index (χ2v) is 5.72. The first-order chi connectivity index (χ1) is 9.29. The van der Waals surface area contributed by atoms with Crippen LogP contribution in [0.2, 0.25) is 0 Å². The van der Waals surface area contributed by atoms with Crippen molar-refractivity contribution in [2.24, 2.45) is 0 Å². The van der Waals surface area contributed by atoms with Crippen LogP contribution in [-0.4, -0.2) is 24.5 Å². The Morgan fingerprint density at radius 2 is 2.00 bits per heavy atom. The molecule has 3 heteroatoms. The van der Waals surface area contributed by atoms with Gasteiger partial charge >= 0.3 is 0 Å². The first-order valence-electron chi connectivity index (χ1n) is 6.84. The molecule has 2 rings (SSSR count). The number of aryl methyl sites for hydroxylation is 1. The lowest BCUT2D eigenvalue weighted by atomic mass is 10.2. The fourth-order valence-electron chi connectivity index (χ4n) is 2.09. The second kappa shape index (κ2) is 7.31. The molecule has 0 amide bonds. The van der Waals surface area contributed by atoms with Crippen LogP contribution in [0.4, 0.5) is 5.69 Å². The van der Waals surface area contributed by atoms with Crippen molar-refractivity contribution in [2.45, 2.75) is 20.4 Å². The highest BCUT2D eigenvalue weighted by molar-refractivity contribution is 7.09. The van der Waals surface area contributed by atoms with Gasteiger partial charge in [0.1, 0.15) is 0 Å². The molecule has 19 heavy (non-hydrogen) atoms. The van der Waals surface area contributed by atoms with Crippen molar-refractivity contribution in [1.82, 2.24) is 4.90 Å². The van der Waals surface area contributed by atoms with E-state index in [1.54, 1.807) is 0 Å². The highest BCUT2D eigenvalue weighted by atomic mass is 32.1. The van der Waals surface area contributed by atoms with Gasteiger partial charge in [-0.25, -0.2) is 0 Å². The molecule has 0 aliphatic carbocycles. The number of thiophene rings is 1. The smallest absolute Gasteiger partial charge is 0.0370 e. The Balaban J connectivity index is 1.79. The first kappa shape index (κ1) is 14.1. The predicted molar refractivity (Wildman–Crippen MR) is 84.9 cm³/mol. The maximum Gasteiger partial charge on any atom is 0.0370 e. The summed E-state index contributed by atoms with van der Waals surface area (Å²) in [6.45, 7) is 8.58. The lowest BCUT2D eigenvalue weighted by Crippen LogP contribution is -2.28. The minimum absolute atomic E-state index is 0.990. The summed E-state index contributed by atoms with van der Waals surface area (Å²) >= 11 is 1.84. The van der Waals surface area contributed by atoms with E-state index in [9.17, 15) is 0 Å². The van der Waals surface area contributed by atoms with Gasteiger partial charge in [-0.05, 0) is 36.5 Å². The summed E-state index contributed by atoms with van der Waals surface area (Å²) in [5, 5.41) is 5.67. The maximum absolute atomic E-state index is 3.52. The average molecular weight is 274 g/mol. The maximum atomic E-state index is 3.52. The van der Waals surface area contributed by atoms with E-state index in [0.29, 0.717) is 0 Å². The van der Waals surface area contributed by atoms with Crippen LogP contribution in [0.1, 0.15) is 17.4 Å². The van der Waals surface area contributed by atoms with Gasteiger partial charge in [0.2, 0.25) is 0 Å². The number of hydrogen-bond donors (Lipinski definition) is 1. The van der Waals surface area contributed by atoms with Gasteiger partial charge in [-0.3, -0.25) is 4.90 Å². The number of para-hydroxylation sites is 1. The van der Waals surface area contributed by atoms with E-state index in [4.69, 9.17) is 0 Å². The van der Waals surface area contributed by atoms with Crippen molar-refractivity contribution in [3.8, 4) is 0 Å². The van der Waals surface area contributed by atoms with E-state index >= 15 is 0 Å². The Bertz CT molecular complexity index is 479. The molecule has 102 valence electrons. The Morgan fingerprint density at radius 3 is 2.68 bits per heavy atom. The number of nitrogens with one attached hydrogen (secondary N) is 1. The average Bonchev–Trinajstić information content (AvgIpc) is 2.92. The van der Waals surface area contributed by atoms with Gasteiger partial charge in [0.15, 0.2) is 0 Å². The molecule has 1 heterocycles. The molecule has 0 aliphatic heterocycles. The van der Waals surface area contributed by atoms with E-state index in [1.807, 2.05) is 11.3 Å². The molecule has 0 aliphatic rings. The van der Waals surface area contributed by atoms with Gasteiger partial charge in [0.05, 0.1) is 0 Å². The van der Waals surface area contributed by atoms with Crippen LogP contribution in [0.25, 0.3) is 0 Å². The van der Waals surface area contributed by atoms with Gasteiger partial charge in [-0.15, -0.1) is 11.3 Å². The summed E-state index contributed by atoms with van der Waals surface area (Å²) in [7, 11) is 0. The zero-order valence-corrected chi connectivity index (χ0v) is 12.5. The van der Waals surface area contributed by atoms with Gasteiger partial charge in [0.25, 0.3) is 0 Å². The predicted octanol–water partition coefficient (Wildman–Crippen LogP) is 3.99. The van der Waals surface area contributed by atoms with Crippen LogP contribution >= 0.6 is 11.3 Å².